The van der Waals surface area contributed by atoms with E-state index in [1.165, 1.54) is 0 Å². The summed E-state index contributed by atoms with van der Waals surface area (Å²) in [5.74, 6) is 0.638. The molecule has 2 N–H and O–H groups in total. The molecule has 0 aromatic carbocycles. The smallest absolute Gasteiger partial charge is 0.245 e. The number of carbonyl (C=O) groups is 1. The van der Waals surface area contributed by atoms with E-state index in [1.54, 1.807) is 6.20 Å². The van der Waals surface area contributed by atoms with Gasteiger partial charge in [0.15, 0.2) is 0 Å². The molecule has 0 radical (unpaired) electrons. The van der Waals surface area contributed by atoms with Crippen LogP contribution in [0.4, 0.5) is 5.82 Å². The Morgan fingerprint density at radius 2 is 2.35 bits per heavy atom. The van der Waals surface area contributed by atoms with Crippen LogP contribution in [0.2, 0.25) is 0 Å². The van der Waals surface area contributed by atoms with Gasteiger partial charge in [-0.2, -0.15) is 0 Å². The van der Waals surface area contributed by atoms with Crippen molar-refractivity contribution < 1.29 is 4.79 Å². The highest BCUT2D eigenvalue weighted by Gasteiger charge is 2.34. The van der Waals surface area contributed by atoms with Crippen LogP contribution in [-0.2, 0) is 4.79 Å². The number of piperidine rings is 1. The molecular weight excluding hydrogens is 214 g/mol. The zero-order chi connectivity index (χ0) is 12.3. The second kappa shape index (κ2) is 4.84. The molecule has 1 unspecified atom stereocenters. The van der Waals surface area contributed by atoms with E-state index in [9.17, 15) is 4.79 Å². The second-order valence-electron chi connectivity index (χ2n) is 4.89. The summed E-state index contributed by atoms with van der Waals surface area (Å²) in [6.07, 6.45) is 4.83. The minimum absolute atomic E-state index is 0.00954. The first-order chi connectivity index (χ1) is 8.10. The van der Waals surface area contributed by atoms with Gasteiger partial charge in [-0.3, -0.25) is 4.79 Å². The minimum Gasteiger partial charge on any atom is -0.309 e. The fourth-order valence-corrected chi connectivity index (χ4v) is 2.11. The number of pyridine rings is 1. The zero-order valence-electron chi connectivity index (χ0n) is 10.4. The highest BCUT2D eigenvalue weighted by molar-refractivity contribution is 5.97. The largest absolute Gasteiger partial charge is 0.309 e. The van der Waals surface area contributed by atoms with Crippen LogP contribution in [0, 0.1) is 6.92 Å². The van der Waals surface area contributed by atoms with Gasteiger partial charge >= 0.3 is 0 Å². The fraction of sp³-hybridized carbons (Fsp3) is 0.538. The molecule has 1 fully saturated rings. The number of hydrogen-bond acceptors (Lipinski definition) is 3. The van der Waals surface area contributed by atoms with E-state index in [1.807, 2.05) is 26.0 Å². The topological polar surface area (TPSA) is 54.0 Å². The number of hydrogen-bond donors (Lipinski definition) is 2. The third kappa shape index (κ3) is 2.82. The van der Waals surface area contributed by atoms with Gasteiger partial charge in [0.2, 0.25) is 5.91 Å². The average molecular weight is 233 g/mol. The van der Waals surface area contributed by atoms with Crippen molar-refractivity contribution in [1.29, 1.82) is 0 Å². The van der Waals surface area contributed by atoms with Crippen LogP contribution < -0.4 is 10.6 Å². The summed E-state index contributed by atoms with van der Waals surface area (Å²) in [7, 11) is 0. The first-order valence-corrected chi connectivity index (χ1v) is 6.09. The SMILES string of the molecule is Cc1ccnc(NC(=O)C2(C)CCCCN2)c1. The number of aromatic nitrogens is 1. The summed E-state index contributed by atoms with van der Waals surface area (Å²) in [5.41, 5.74) is 0.640. The predicted octanol–water partition coefficient (Wildman–Crippen LogP) is 1.86. The van der Waals surface area contributed by atoms with Crippen molar-refractivity contribution in [3.05, 3.63) is 23.9 Å². The Balaban J connectivity index is 2.05. The quantitative estimate of drug-likeness (QED) is 0.819. The monoisotopic (exact) mass is 233 g/mol. The van der Waals surface area contributed by atoms with Gasteiger partial charge in [0.05, 0.1) is 5.54 Å². The number of nitrogens with zero attached hydrogens (tertiary/aromatic N) is 1. The van der Waals surface area contributed by atoms with Gasteiger partial charge in [0, 0.05) is 6.20 Å². The highest BCUT2D eigenvalue weighted by Crippen LogP contribution is 2.20. The van der Waals surface area contributed by atoms with Crippen molar-refractivity contribution >= 4 is 11.7 Å². The molecule has 1 aliphatic heterocycles. The van der Waals surface area contributed by atoms with Crippen LogP contribution in [0.3, 0.4) is 0 Å². The Labute approximate surface area is 102 Å². The molecule has 1 amide bonds. The van der Waals surface area contributed by atoms with Crippen molar-refractivity contribution in [2.45, 2.75) is 38.6 Å². The van der Waals surface area contributed by atoms with Crippen LogP contribution in [0.5, 0.6) is 0 Å². The normalized spacial score (nSPS) is 24.4. The third-order valence-electron chi connectivity index (χ3n) is 3.28. The fourth-order valence-electron chi connectivity index (χ4n) is 2.11. The molecule has 1 aliphatic rings. The van der Waals surface area contributed by atoms with Crippen LogP contribution >= 0.6 is 0 Å². The number of carbonyl (C=O) groups excluding carboxylic acids is 1. The molecule has 1 saturated heterocycles. The Morgan fingerprint density at radius 1 is 1.53 bits per heavy atom. The first kappa shape index (κ1) is 12.0. The lowest BCUT2D eigenvalue weighted by Gasteiger charge is -2.33. The molecule has 0 aliphatic carbocycles. The van der Waals surface area contributed by atoms with Gasteiger partial charge in [-0.1, -0.05) is 0 Å². The maximum atomic E-state index is 12.2. The molecule has 2 heterocycles. The van der Waals surface area contributed by atoms with Crippen LogP contribution in [0.15, 0.2) is 18.3 Å². The molecule has 92 valence electrons. The Kier molecular flexibility index (Phi) is 3.43. The Bertz CT molecular complexity index is 411. The van der Waals surface area contributed by atoms with E-state index in [2.05, 4.69) is 15.6 Å². The summed E-state index contributed by atoms with van der Waals surface area (Å²) >= 11 is 0. The van der Waals surface area contributed by atoms with E-state index in [0.29, 0.717) is 5.82 Å². The maximum Gasteiger partial charge on any atom is 0.245 e. The lowest BCUT2D eigenvalue weighted by atomic mass is 9.90. The molecule has 0 bridgehead atoms. The third-order valence-corrected chi connectivity index (χ3v) is 3.28. The van der Waals surface area contributed by atoms with Crippen LogP contribution in [-0.4, -0.2) is 23.0 Å². The Hall–Kier alpha value is -1.42. The predicted molar refractivity (Wildman–Crippen MR) is 67.9 cm³/mol. The number of rotatable bonds is 2. The molecule has 4 heteroatoms. The van der Waals surface area contributed by atoms with Crippen molar-refractivity contribution in [3.8, 4) is 0 Å². The Morgan fingerprint density at radius 3 is 3.00 bits per heavy atom. The molecular formula is C13H19N3O. The minimum atomic E-state index is -0.455. The summed E-state index contributed by atoms with van der Waals surface area (Å²) in [6, 6.07) is 3.79. The van der Waals surface area contributed by atoms with E-state index >= 15 is 0 Å². The molecule has 1 aromatic heterocycles. The maximum absolute atomic E-state index is 12.2. The van der Waals surface area contributed by atoms with Crippen molar-refractivity contribution in [3.63, 3.8) is 0 Å². The van der Waals surface area contributed by atoms with Crippen LogP contribution in [0.1, 0.15) is 31.7 Å². The molecule has 17 heavy (non-hydrogen) atoms. The summed E-state index contributed by atoms with van der Waals surface area (Å²) in [6.45, 7) is 4.85. The van der Waals surface area contributed by atoms with Gasteiger partial charge in [0.1, 0.15) is 5.82 Å². The molecule has 4 nitrogen and oxygen atoms in total. The van der Waals surface area contributed by atoms with Gasteiger partial charge in [-0.15, -0.1) is 0 Å². The van der Waals surface area contributed by atoms with Gasteiger partial charge in [0.25, 0.3) is 0 Å². The van der Waals surface area contributed by atoms with E-state index in [0.717, 1.165) is 31.4 Å². The number of amides is 1. The lowest BCUT2D eigenvalue weighted by molar-refractivity contribution is -0.122. The summed E-state index contributed by atoms with van der Waals surface area (Å²) in [4.78, 5) is 16.3. The summed E-state index contributed by atoms with van der Waals surface area (Å²) in [5, 5.41) is 6.17. The standard InChI is InChI=1S/C13H19N3O/c1-10-5-8-14-11(9-10)16-12(17)13(2)6-3-4-7-15-13/h5,8-9,15H,3-4,6-7H2,1-2H3,(H,14,16,17). The number of nitrogens with one attached hydrogen (secondary N) is 2. The van der Waals surface area contributed by atoms with Crippen LogP contribution in [0.25, 0.3) is 0 Å². The van der Waals surface area contributed by atoms with E-state index < -0.39 is 5.54 Å². The molecule has 1 aromatic rings. The van der Waals surface area contributed by atoms with Gasteiger partial charge in [-0.05, 0) is 57.4 Å². The van der Waals surface area contributed by atoms with Crippen molar-refractivity contribution in [2.75, 3.05) is 11.9 Å². The summed E-state index contributed by atoms with van der Waals surface area (Å²) < 4.78 is 0. The number of anilines is 1. The average Bonchev–Trinajstić information content (AvgIpc) is 2.30. The molecule has 0 spiro atoms. The first-order valence-electron chi connectivity index (χ1n) is 6.09. The lowest BCUT2D eigenvalue weighted by Crippen LogP contribution is -2.54. The highest BCUT2D eigenvalue weighted by atomic mass is 16.2. The molecule has 1 atom stereocenters. The molecule has 2 rings (SSSR count). The van der Waals surface area contributed by atoms with Gasteiger partial charge < -0.3 is 10.6 Å². The van der Waals surface area contributed by atoms with Crippen molar-refractivity contribution in [2.24, 2.45) is 0 Å². The second-order valence-corrected chi connectivity index (χ2v) is 4.89. The molecule has 0 saturated carbocycles. The zero-order valence-corrected chi connectivity index (χ0v) is 10.4. The van der Waals surface area contributed by atoms with E-state index in [4.69, 9.17) is 0 Å². The van der Waals surface area contributed by atoms with E-state index in [-0.39, 0.29) is 5.91 Å². The number of aryl methyl sites for hydroxylation is 1. The van der Waals surface area contributed by atoms with Gasteiger partial charge in [-0.25, -0.2) is 4.98 Å². The van der Waals surface area contributed by atoms with Crippen molar-refractivity contribution in [1.82, 2.24) is 10.3 Å².